The van der Waals surface area contributed by atoms with Gasteiger partial charge in [0.15, 0.2) is 5.60 Å². The first-order chi connectivity index (χ1) is 15.2. The Balaban J connectivity index is 1.45. The highest BCUT2D eigenvalue weighted by Gasteiger charge is 2.57. The molecule has 2 unspecified atom stereocenters. The number of rotatable bonds is 5. The molecule has 1 spiro atoms. The van der Waals surface area contributed by atoms with E-state index < -0.39 is 5.60 Å². The van der Waals surface area contributed by atoms with E-state index in [1.807, 2.05) is 53.6 Å². The van der Waals surface area contributed by atoms with Gasteiger partial charge in [0.2, 0.25) is 0 Å². The van der Waals surface area contributed by atoms with Crippen LogP contribution < -0.4 is 0 Å². The molecule has 0 saturated carbocycles. The largest absolute Gasteiger partial charge is 0.361 e. The minimum absolute atomic E-state index is 0.0490. The van der Waals surface area contributed by atoms with Crippen molar-refractivity contribution in [2.24, 2.45) is 0 Å². The minimum atomic E-state index is -0.914. The fraction of sp³-hybridized carbons (Fsp3) is 0.333. The van der Waals surface area contributed by atoms with Crippen molar-refractivity contribution >= 4 is 5.91 Å². The van der Waals surface area contributed by atoms with Gasteiger partial charge in [-0.15, -0.1) is 0 Å². The van der Waals surface area contributed by atoms with E-state index in [1.54, 1.807) is 24.8 Å². The number of hydrogen-bond donors (Lipinski definition) is 0. The Hall–Kier alpha value is -3.16. The predicted molar refractivity (Wildman–Crippen MR) is 115 cm³/mol. The Morgan fingerprint density at radius 2 is 1.90 bits per heavy atom. The van der Waals surface area contributed by atoms with Crippen molar-refractivity contribution in [2.75, 3.05) is 26.2 Å². The van der Waals surface area contributed by atoms with Gasteiger partial charge in [0, 0.05) is 69.6 Å². The smallest absolute Gasteiger partial charge is 0.257 e. The third-order valence-electron chi connectivity index (χ3n) is 6.15. The number of carbonyl (C=O) groups excluding carboxylic acids is 1. The zero-order valence-corrected chi connectivity index (χ0v) is 17.3. The third-order valence-corrected chi connectivity index (χ3v) is 6.15. The second kappa shape index (κ2) is 8.53. The first-order valence-electron chi connectivity index (χ1n) is 10.6. The van der Waals surface area contributed by atoms with Crippen LogP contribution >= 0.6 is 0 Å². The highest BCUT2D eigenvalue weighted by atomic mass is 16.5. The predicted octanol–water partition coefficient (Wildman–Crippen LogP) is 2.27. The molecular formula is C24H25N5O2. The van der Waals surface area contributed by atoms with E-state index in [-0.39, 0.29) is 11.8 Å². The summed E-state index contributed by atoms with van der Waals surface area (Å²) in [6.45, 7) is 3.60. The summed E-state index contributed by atoms with van der Waals surface area (Å²) in [6.07, 6.45) is 8.95. The molecule has 0 N–H and O–H groups in total. The van der Waals surface area contributed by atoms with Crippen molar-refractivity contribution in [2.45, 2.75) is 24.6 Å². The van der Waals surface area contributed by atoms with Gasteiger partial charge in [0.25, 0.3) is 5.91 Å². The van der Waals surface area contributed by atoms with Crippen molar-refractivity contribution in [1.82, 2.24) is 24.8 Å². The van der Waals surface area contributed by atoms with Gasteiger partial charge >= 0.3 is 0 Å². The second-order valence-electron chi connectivity index (χ2n) is 8.15. The summed E-state index contributed by atoms with van der Waals surface area (Å²) in [7, 11) is 0. The maximum Gasteiger partial charge on any atom is 0.257 e. The number of carbonyl (C=O) groups is 1. The highest BCUT2D eigenvalue weighted by Crippen LogP contribution is 2.42. The van der Waals surface area contributed by atoms with Gasteiger partial charge in [-0.3, -0.25) is 24.6 Å². The average Bonchev–Trinajstić information content (AvgIpc) is 3.17. The molecule has 3 aromatic rings. The molecule has 0 aliphatic carbocycles. The van der Waals surface area contributed by atoms with Crippen molar-refractivity contribution in [1.29, 1.82) is 0 Å². The van der Waals surface area contributed by atoms with Crippen LogP contribution in [0.2, 0.25) is 0 Å². The van der Waals surface area contributed by atoms with Crippen LogP contribution in [0.1, 0.15) is 22.7 Å². The number of nitrogens with zero attached hydrogens (tertiary/aromatic N) is 5. The van der Waals surface area contributed by atoms with Crippen LogP contribution in [0.15, 0.2) is 73.4 Å². The maximum absolute atomic E-state index is 13.9. The van der Waals surface area contributed by atoms with E-state index in [9.17, 15) is 4.79 Å². The molecule has 7 nitrogen and oxygen atoms in total. The van der Waals surface area contributed by atoms with Gasteiger partial charge in [0.1, 0.15) is 0 Å². The molecule has 31 heavy (non-hydrogen) atoms. The first-order valence-corrected chi connectivity index (χ1v) is 10.6. The third kappa shape index (κ3) is 3.94. The van der Waals surface area contributed by atoms with Crippen LogP contribution in [0.4, 0.5) is 0 Å². The second-order valence-corrected chi connectivity index (χ2v) is 8.15. The molecule has 2 fully saturated rings. The Morgan fingerprint density at radius 3 is 2.68 bits per heavy atom. The van der Waals surface area contributed by atoms with E-state index in [2.05, 4.69) is 19.9 Å². The lowest BCUT2D eigenvalue weighted by molar-refractivity contribution is -0.173. The standard InChI is InChI=1S/C24H25N5O2/c30-23-24(31-13-12-29(23)15-19-6-10-25-11-7-19)18-28(16-21-5-1-2-9-27-21)17-22(24)20-4-3-8-26-14-20/h1-11,14,22H,12-13,15-18H2. The van der Waals surface area contributed by atoms with Gasteiger partial charge in [0.05, 0.1) is 12.3 Å². The minimum Gasteiger partial charge on any atom is -0.361 e. The monoisotopic (exact) mass is 415 g/mol. The summed E-state index contributed by atoms with van der Waals surface area (Å²) in [5, 5.41) is 0. The molecule has 2 aliphatic heterocycles. The van der Waals surface area contributed by atoms with E-state index in [1.165, 1.54) is 0 Å². The number of amides is 1. The number of likely N-dealkylation sites (tertiary alicyclic amines) is 1. The lowest BCUT2D eigenvalue weighted by atomic mass is 9.83. The van der Waals surface area contributed by atoms with E-state index in [0.29, 0.717) is 32.8 Å². The molecule has 0 bridgehead atoms. The molecule has 7 heteroatoms. The van der Waals surface area contributed by atoms with Crippen LogP contribution in [-0.4, -0.2) is 62.5 Å². The van der Waals surface area contributed by atoms with Crippen molar-refractivity contribution in [3.63, 3.8) is 0 Å². The summed E-state index contributed by atoms with van der Waals surface area (Å²) in [4.78, 5) is 30.9. The van der Waals surface area contributed by atoms with Gasteiger partial charge in [-0.1, -0.05) is 12.1 Å². The fourth-order valence-electron chi connectivity index (χ4n) is 4.70. The quantitative estimate of drug-likeness (QED) is 0.637. The number of pyridine rings is 3. The zero-order chi connectivity index (χ0) is 21.1. The molecule has 2 saturated heterocycles. The first kappa shape index (κ1) is 19.8. The molecule has 158 valence electrons. The van der Waals surface area contributed by atoms with Gasteiger partial charge in [-0.05, 0) is 41.5 Å². The lowest BCUT2D eigenvalue weighted by Gasteiger charge is -2.42. The van der Waals surface area contributed by atoms with E-state index in [4.69, 9.17) is 4.74 Å². The SMILES string of the molecule is O=C1N(Cc2ccncc2)CCOC12CN(Cc1ccccn1)CC2c1cccnc1. The summed E-state index contributed by atoms with van der Waals surface area (Å²) in [5.41, 5.74) is 2.18. The van der Waals surface area contributed by atoms with Crippen LogP contribution in [0.3, 0.4) is 0 Å². The van der Waals surface area contributed by atoms with Crippen LogP contribution in [0.5, 0.6) is 0 Å². The highest BCUT2D eigenvalue weighted by molar-refractivity contribution is 5.88. The van der Waals surface area contributed by atoms with E-state index in [0.717, 1.165) is 23.4 Å². The Bertz CT molecular complexity index is 1020. The van der Waals surface area contributed by atoms with Crippen LogP contribution in [0, 0.1) is 0 Å². The molecular weight excluding hydrogens is 390 g/mol. The maximum atomic E-state index is 13.9. The Labute approximate surface area is 181 Å². The van der Waals surface area contributed by atoms with Crippen molar-refractivity contribution in [3.05, 3.63) is 90.3 Å². The average molecular weight is 415 g/mol. The number of hydrogen-bond acceptors (Lipinski definition) is 6. The molecule has 0 aromatic carbocycles. The summed E-state index contributed by atoms with van der Waals surface area (Å²) in [5.74, 6) is -0.0365. The van der Waals surface area contributed by atoms with Crippen LogP contribution in [-0.2, 0) is 22.6 Å². The van der Waals surface area contributed by atoms with Gasteiger partial charge in [-0.2, -0.15) is 0 Å². The number of aromatic nitrogens is 3. The summed E-state index contributed by atoms with van der Waals surface area (Å²) >= 11 is 0. The Morgan fingerprint density at radius 1 is 1.00 bits per heavy atom. The van der Waals surface area contributed by atoms with Gasteiger partial charge in [-0.25, -0.2) is 0 Å². The topological polar surface area (TPSA) is 71.5 Å². The lowest BCUT2D eigenvalue weighted by Crippen LogP contribution is -2.59. The number of morpholine rings is 1. The van der Waals surface area contributed by atoms with Crippen LogP contribution in [0.25, 0.3) is 0 Å². The fourth-order valence-corrected chi connectivity index (χ4v) is 4.70. The Kier molecular flexibility index (Phi) is 5.44. The molecule has 1 amide bonds. The molecule has 2 atom stereocenters. The summed E-state index contributed by atoms with van der Waals surface area (Å²) in [6, 6.07) is 13.8. The molecule has 5 rings (SSSR count). The van der Waals surface area contributed by atoms with Crippen molar-refractivity contribution < 1.29 is 9.53 Å². The molecule has 5 heterocycles. The number of ether oxygens (including phenoxy) is 1. The zero-order valence-electron chi connectivity index (χ0n) is 17.3. The van der Waals surface area contributed by atoms with E-state index >= 15 is 0 Å². The normalized spacial score (nSPS) is 24.1. The van der Waals surface area contributed by atoms with Crippen molar-refractivity contribution in [3.8, 4) is 0 Å². The summed E-state index contributed by atoms with van der Waals surface area (Å²) < 4.78 is 6.35. The molecule has 2 aliphatic rings. The van der Waals surface area contributed by atoms with Gasteiger partial charge < -0.3 is 9.64 Å². The molecule has 3 aromatic heterocycles. The molecule has 0 radical (unpaired) electrons.